The van der Waals surface area contributed by atoms with E-state index in [9.17, 15) is 24.3 Å². The number of hydrogen-bond acceptors (Lipinski definition) is 8. The van der Waals surface area contributed by atoms with Crippen molar-refractivity contribution in [3.63, 3.8) is 0 Å². The average Bonchev–Trinajstić information content (AvgIpc) is 3.48. The van der Waals surface area contributed by atoms with Gasteiger partial charge in [0.2, 0.25) is 23.6 Å². The molecular formula is C32H41N7O6. The van der Waals surface area contributed by atoms with Crippen LogP contribution < -0.4 is 20.7 Å². The highest BCUT2D eigenvalue weighted by Gasteiger charge is 2.29. The molecule has 0 unspecified atom stereocenters. The van der Waals surface area contributed by atoms with Crippen molar-refractivity contribution in [3.8, 4) is 5.75 Å². The van der Waals surface area contributed by atoms with Gasteiger partial charge in [0, 0.05) is 38.7 Å². The van der Waals surface area contributed by atoms with Crippen LogP contribution in [0.1, 0.15) is 30.7 Å². The first-order valence-corrected chi connectivity index (χ1v) is 15.1. The lowest BCUT2D eigenvalue weighted by Crippen LogP contribution is -2.56. The summed E-state index contributed by atoms with van der Waals surface area (Å²) in [5.74, 6) is -1.40. The average molecular weight is 620 g/mol. The van der Waals surface area contributed by atoms with Crippen LogP contribution in [0.5, 0.6) is 5.75 Å². The maximum absolute atomic E-state index is 13.5. The number of aromatic nitrogens is 3. The number of nitrogens with one attached hydrogen (secondary N) is 3. The molecule has 0 aliphatic carbocycles. The minimum Gasteiger partial charge on any atom is -0.492 e. The van der Waals surface area contributed by atoms with Crippen molar-refractivity contribution in [2.24, 2.45) is 5.92 Å². The van der Waals surface area contributed by atoms with Gasteiger partial charge in [-0.05, 0) is 29.2 Å². The van der Waals surface area contributed by atoms with Crippen molar-refractivity contribution in [3.05, 3.63) is 77.6 Å². The minimum absolute atomic E-state index is 0.0388. The van der Waals surface area contributed by atoms with Crippen LogP contribution in [0.15, 0.2) is 60.8 Å². The van der Waals surface area contributed by atoms with Gasteiger partial charge in [-0.25, -0.2) is 4.68 Å². The number of hydrogen-bond donors (Lipinski definition) is 4. The largest absolute Gasteiger partial charge is 0.492 e. The first-order valence-electron chi connectivity index (χ1n) is 15.1. The molecule has 0 radical (unpaired) electrons. The molecule has 13 heteroatoms. The molecule has 4 N–H and O–H groups in total. The first kappa shape index (κ1) is 33.1. The summed E-state index contributed by atoms with van der Waals surface area (Å²) in [6.45, 7) is 4.21. The van der Waals surface area contributed by atoms with E-state index in [2.05, 4.69) is 26.3 Å². The van der Waals surface area contributed by atoms with Crippen LogP contribution in [0.25, 0.3) is 0 Å². The number of fused-ring (bicyclic) bond motifs is 4. The molecule has 45 heavy (non-hydrogen) atoms. The second-order valence-corrected chi connectivity index (χ2v) is 11.3. The smallest absolute Gasteiger partial charge is 0.248 e. The fourth-order valence-electron chi connectivity index (χ4n) is 4.98. The molecule has 4 rings (SSSR count). The lowest BCUT2D eigenvalue weighted by molar-refractivity contribution is -0.135. The highest BCUT2D eigenvalue weighted by molar-refractivity contribution is 5.92. The van der Waals surface area contributed by atoms with Crippen molar-refractivity contribution < 1.29 is 29.0 Å². The Labute approximate surface area is 262 Å². The lowest BCUT2D eigenvalue weighted by Gasteiger charge is -2.26. The van der Waals surface area contributed by atoms with E-state index in [-0.39, 0.29) is 44.3 Å². The van der Waals surface area contributed by atoms with E-state index in [4.69, 9.17) is 4.74 Å². The molecule has 0 saturated carbocycles. The van der Waals surface area contributed by atoms with Crippen molar-refractivity contribution >= 4 is 23.6 Å². The predicted molar refractivity (Wildman–Crippen MR) is 165 cm³/mol. The van der Waals surface area contributed by atoms with Gasteiger partial charge in [-0.2, -0.15) is 0 Å². The Hall–Kier alpha value is -4.78. The summed E-state index contributed by atoms with van der Waals surface area (Å²) in [6.07, 6.45) is 2.42. The second-order valence-electron chi connectivity index (χ2n) is 11.3. The Balaban J connectivity index is 1.57. The zero-order chi connectivity index (χ0) is 32.2. The number of benzene rings is 2. The molecule has 0 spiro atoms. The van der Waals surface area contributed by atoms with E-state index >= 15 is 0 Å². The van der Waals surface area contributed by atoms with Crippen LogP contribution >= 0.6 is 0 Å². The zero-order valence-electron chi connectivity index (χ0n) is 25.6. The van der Waals surface area contributed by atoms with Crippen molar-refractivity contribution in [2.75, 3.05) is 32.8 Å². The van der Waals surface area contributed by atoms with Crippen LogP contribution in [-0.2, 0) is 45.0 Å². The van der Waals surface area contributed by atoms with Crippen molar-refractivity contribution in [1.29, 1.82) is 0 Å². The highest BCUT2D eigenvalue weighted by atomic mass is 16.5. The third kappa shape index (κ3) is 10.1. The summed E-state index contributed by atoms with van der Waals surface area (Å²) in [7, 11) is 0. The molecule has 3 aromatic rings. The molecule has 1 aliphatic heterocycles. The summed E-state index contributed by atoms with van der Waals surface area (Å²) >= 11 is 0. The molecule has 4 bridgehead atoms. The summed E-state index contributed by atoms with van der Waals surface area (Å²) in [4.78, 5) is 53.9. The van der Waals surface area contributed by atoms with Gasteiger partial charge in [0.25, 0.3) is 0 Å². The molecule has 1 aromatic heterocycles. The summed E-state index contributed by atoms with van der Waals surface area (Å²) in [5.41, 5.74) is 2.22. The van der Waals surface area contributed by atoms with Crippen LogP contribution in [0.4, 0.5) is 0 Å². The predicted octanol–water partition coefficient (Wildman–Crippen LogP) is 0.261. The number of aliphatic hydroxyl groups excluding tert-OH is 1. The van der Waals surface area contributed by atoms with Gasteiger partial charge in [0.15, 0.2) is 0 Å². The van der Waals surface area contributed by atoms with E-state index in [0.29, 0.717) is 31.0 Å². The van der Waals surface area contributed by atoms with Crippen LogP contribution in [0.2, 0.25) is 0 Å². The number of rotatable bonds is 4. The Morgan fingerprint density at radius 1 is 1.02 bits per heavy atom. The zero-order valence-corrected chi connectivity index (χ0v) is 25.6. The number of nitrogens with zero attached hydrogens (tertiary/aromatic N) is 4. The third-order valence-corrected chi connectivity index (χ3v) is 7.43. The van der Waals surface area contributed by atoms with Crippen molar-refractivity contribution in [2.45, 2.75) is 51.7 Å². The Kier molecular flexibility index (Phi) is 12.0. The number of ether oxygens (including phenoxy) is 1. The van der Waals surface area contributed by atoms with Gasteiger partial charge in [-0.15, -0.1) is 5.10 Å². The van der Waals surface area contributed by atoms with E-state index in [0.717, 1.165) is 11.1 Å². The third-order valence-electron chi connectivity index (χ3n) is 7.43. The van der Waals surface area contributed by atoms with Gasteiger partial charge in [-0.3, -0.25) is 19.2 Å². The monoisotopic (exact) mass is 619 g/mol. The van der Waals surface area contributed by atoms with Crippen LogP contribution in [0.3, 0.4) is 0 Å². The van der Waals surface area contributed by atoms with Gasteiger partial charge in [-0.1, -0.05) is 61.5 Å². The maximum atomic E-state index is 13.5. The molecule has 2 aromatic carbocycles. The quantitative estimate of drug-likeness (QED) is 0.323. The molecule has 4 amide bonds. The summed E-state index contributed by atoms with van der Waals surface area (Å²) in [5, 5.41) is 26.3. The van der Waals surface area contributed by atoms with Gasteiger partial charge in [0.05, 0.1) is 18.7 Å². The number of amides is 4. The lowest BCUT2D eigenvalue weighted by atomic mass is 10.0. The summed E-state index contributed by atoms with van der Waals surface area (Å²) < 4.78 is 7.52. The number of carbonyl (C=O) groups is 4. The molecule has 1 aliphatic rings. The van der Waals surface area contributed by atoms with Crippen LogP contribution in [-0.4, -0.2) is 93.6 Å². The van der Waals surface area contributed by atoms with Gasteiger partial charge in [0.1, 0.15) is 31.0 Å². The maximum Gasteiger partial charge on any atom is 0.248 e. The molecule has 0 saturated heterocycles. The van der Waals surface area contributed by atoms with Gasteiger partial charge < -0.3 is 30.7 Å². The van der Waals surface area contributed by atoms with E-state index in [1.807, 2.05) is 50.2 Å². The topological polar surface area (TPSA) is 168 Å². The normalized spacial score (nSPS) is 19.2. The van der Waals surface area contributed by atoms with Crippen molar-refractivity contribution in [1.82, 2.24) is 35.8 Å². The molecule has 2 heterocycles. The van der Waals surface area contributed by atoms with Gasteiger partial charge >= 0.3 is 0 Å². The Bertz CT molecular complexity index is 1440. The SMILES string of the molecule is CC(C)[C@H]1NC(=O)Cc2cccc(c2)OCCn2cc(nn2)CCN(C(=O)CO)CCNC(=O)[C@H](Cc2ccccc2)NC1=O. The molecular weight excluding hydrogens is 578 g/mol. The van der Waals surface area contributed by atoms with E-state index in [1.165, 1.54) is 4.90 Å². The second kappa shape index (κ2) is 16.3. The number of carbonyl (C=O) groups excluding carboxylic acids is 4. The fourth-order valence-corrected chi connectivity index (χ4v) is 4.98. The molecule has 0 fully saturated rings. The standard InChI is InChI=1S/C32H41N7O6/c1-22(2)30-32(44)34-27(18-23-7-4-3-5-8-23)31(43)33-12-14-38(29(42)21-40)13-11-25-20-39(37-36-25)15-16-45-26-10-6-9-24(17-26)19-28(41)35-30/h3-10,17,20,22,27,30,40H,11-16,18-19,21H2,1-2H3,(H,33,43)(H,34,44)(H,35,41)/t27-,30+/m0/s1. The molecule has 13 nitrogen and oxygen atoms in total. The first-order chi connectivity index (χ1) is 21.7. The highest BCUT2D eigenvalue weighted by Crippen LogP contribution is 2.15. The Morgan fingerprint density at radius 3 is 2.58 bits per heavy atom. The number of aliphatic hydroxyl groups is 1. The summed E-state index contributed by atoms with van der Waals surface area (Å²) in [6, 6.07) is 14.6. The molecule has 240 valence electrons. The van der Waals surface area contributed by atoms with Crippen LogP contribution in [0, 0.1) is 5.92 Å². The minimum atomic E-state index is -0.939. The van der Waals surface area contributed by atoms with E-state index in [1.54, 1.807) is 29.1 Å². The Morgan fingerprint density at radius 2 is 1.82 bits per heavy atom. The van der Waals surface area contributed by atoms with E-state index < -0.39 is 36.4 Å². The fraction of sp³-hybridized carbons (Fsp3) is 0.438. The molecule has 2 atom stereocenters.